The van der Waals surface area contributed by atoms with Crippen molar-refractivity contribution in [3.8, 4) is 12.0 Å². The second kappa shape index (κ2) is 13.9. The highest BCUT2D eigenvalue weighted by Crippen LogP contribution is 2.36. The molecular weight excluding hydrogens is 552 g/mol. The van der Waals surface area contributed by atoms with Gasteiger partial charge in [0.2, 0.25) is 11.8 Å². The van der Waals surface area contributed by atoms with Crippen LogP contribution in [0.15, 0.2) is 47.0 Å². The first kappa shape index (κ1) is 30.5. The smallest absolute Gasteiger partial charge is 0.305 e. The van der Waals surface area contributed by atoms with Gasteiger partial charge in [-0.2, -0.15) is 15.2 Å². The Labute approximate surface area is 248 Å². The van der Waals surface area contributed by atoms with Crippen molar-refractivity contribution in [2.75, 3.05) is 36.2 Å². The molecule has 1 aromatic carbocycles. The Kier molecular flexibility index (Phi) is 9.86. The van der Waals surface area contributed by atoms with Crippen molar-refractivity contribution in [3.63, 3.8) is 0 Å². The van der Waals surface area contributed by atoms with Gasteiger partial charge < -0.3 is 25.8 Å². The molecule has 3 aromatic heterocycles. The van der Waals surface area contributed by atoms with E-state index < -0.39 is 5.97 Å². The summed E-state index contributed by atoms with van der Waals surface area (Å²) in [4.78, 5) is 28.9. The fraction of sp³-hybridized carbons (Fsp3) is 0.321. The van der Waals surface area contributed by atoms with Crippen LogP contribution in [-0.2, 0) is 9.53 Å². The number of nitrogens with one attached hydrogen (secondary N) is 3. The van der Waals surface area contributed by atoms with E-state index >= 15 is 0 Å². The summed E-state index contributed by atoms with van der Waals surface area (Å²) in [5.41, 5.74) is 4.32. The highest BCUT2D eigenvalue weighted by Gasteiger charge is 2.19. The number of carbonyl (C=O) groups is 1. The van der Waals surface area contributed by atoms with Gasteiger partial charge in [0.15, 0.2) is 17.3 Å². The van der Waals surface area contributed by atoms with Crippen LogP contribution in [0.1, 0.15) is 35.6 Å². The van der Waals surface area contributed by atoms with Crippen LogP contribution in [0.4, 0.5) is 34.8 Å². The summed E-state index contributed by atoms with van der Waals surface area (Å²) in [7, 11) is 1.59. The van der Waals surface area contributed by atoms with E-state index in [0.29, 0.717) is 12.4 Å². The van der Waals surface area contributed by atoms with Gasteiger partial charge in [0.25, 0.3) is 5.95 Å². The van der Waals surface area contributed by atoms with Crippen LogP contribution >= 0.6 is 0 Å². The number of carboxylic acid groups (broad SMARTS) is 1. The number of anilines is 4. The van der Waals surface area contributed by atoms with Crippen LogP contribution in [-0.4, -0.2) is 67.1 Å². The Balaban J connectivity index is 1.81. The number of benzene rings is 1. The number of aromatic nitrogens is 6. The molecule has 0 aliphatic rings. The molecule has 1 atom stereocenters. The second-order valence-corrected chi connectivity index (χ2v) is 9.73. The van der Waals surface area contributed by atoms with Crippen LogP contribution in [0.2, 0.25) is 0 Å². The SMILES string of the molecule is COCC(C)Nc1nc(Nc2c(C)cc(C)cc2C)nc(NCCC(=O)O)c1N=Nc1nn(-c2ncccn2)cc1C#N. The molecule has 0 bridgehead atoms. The first-order valence-corrected chi connectivity index (χ1v) is 13.4. The summed E-state index contributed by atoms with van der Waals surface area (Å²) < 4.78 is 6.62. The summed E-state index contributed by atoms with van der Waals surface area (Å²) in [6.45, 7) is 8.33. The molecule has 15 heteroatoms. The van der Waals surface area contributed by atoms with Crippen LogP contribution in [0.25, 0.3) is 5.95 Å². The standard InChI is InChI=1S/C28H32N12O3/c1-16-11-17(2)22(18(3)12-16)34-27-35-25(30-10-7-21(41)42)23(26(36-27)33-19(4)15-43-5)37-38-24-20(13-29)14-40(39-24)28-31-8-6-9-32-28/h6,8-9,11-12,14,19H,7,10,15H2,1-5H3,(H,41,42)(H3,30,33,34,35,36). The lowest BCUT2D eigenvalue weighted by atomic mass is 10.1. The van der Waals surface area contributed by atoms with Crippen molar-refractivity contribution in [1.29, 1.82) is 5.26 Å². The first-order valence-electron chi connectivity index (χ1n) is 13.4. The summed E-state index contributed by atoms with van der Waals surface area (Å²) in [6.07, 6.45) is 4.39. The number of carboxylic acids is 1. The van der Waals surface area contributed by atoms with Gasteiger partial charge in [-0.15, -0.1) is 15.3 Å². The fourth-order valence-corrected chi connectivity index (χ4v) is 4.26. The largest absolute Gasteiger partial charge is 0.481 e. The number of nitrogens with zero attached hydrogens (tertiary/aromatic N) is 9. The average Bonchev–Trinajstić information content (AvgIpc) is 3.38. The number of hydrogen-bond donors (Lipinski definition) is 4. The zero-order valence-corrected chi connectivity index (χ0v) is 24.5. The third-order valence-electron chi connectivity index (χ3n) is 6.05. The zero-order chi connectivity index (χ0) is 30.9. The molecule has 0 aliphatic carbocycles. The number of nitriles is 1. The molecule has 0 saturated carbocycles. The monoisotopic (exact) mass is 584 g/mol. The topological polar surface area (TPSA) is 201 Å². The Morgan fingerprint density at radius 3 is 2.49 bits per heavy atom. The molecule has 0 aliphatic heterocycles. The lowest BCUT2D eigenvalue weighted by molar-refractivity contribution is -0.136. The van der Waals surface area contributed by atoms with Crippen LogP contribution in [0.5, 0.6) is 0 Å². The molecule has 0 saturated heterocycles. The third kappa shape index (κ3) is 7.83. The molecule has 43 heavy (non-hydrogen) atoms. The van der Waals surface area contributed by atoms with E-state index in [0.717, 1.165) is 22.4 Å². The maximum atomic E-state index is 11.3. The highest BCUT2D eigenvalue weighted by molar-refractivity contribution is 5.77. The molecule has 4 N–H and O–H groups in total. The quantitative estimate of drug-likeness (QED) is 0.157. The Morgan fingerprint density at radius 2 is 1.84 bits per heavy atom. The number of ether oxygens (including phenoxy) is 1. The van der Waals surface area contributed by atoms with Gasteiger partial charge in [0.05, 0.1) is 19.2 Å². The molecule has 15 nitrogen and oxygen atoms in total. The van der Waals surface area contributed by atoms with E-state index in [1.165, 1.54) is 10.9 Å². The second-order valence-electron chi connectivity index (χ2n) is 9.73. The van der Waals surface area contributed by atoms with E-state index in [-0.39, 0.29) is 53.8 Å². The molecule has 0 amide bonds. The minimum Gasteiger partial charge on any atom is -0.481 e. The maximum absolute atomic E-state index is 11.3. The van der Waals surface area contributed by atoms with Crippen molar-refractivity contribution in [1.82, 2.24) is 29.7 Å². The molecule has 0 radical (unpaired) electrons. The normalized spacial score (nSPS) is 11.7. The lowest BCUT2D eigenvalue weighted by Gasteiger charge is -2.19. The number of hydrogen-bond acceptors (Lipinski definition) is 13. The van der Waals surface area contributed by atoms with Crippen LogP contribution < -0.4 is 16.0 Å². The van der Waals surface area contributed by atoms with Gasteiger partial charge in [-0.25, -0.2) is 14.6 Å². The molecule has 4 aromatic rings. The molecular formula is C28H32N12O3. The predicted molar refractivity (Wildman–Crippen MR) is 160 cm³/mol. The molecule has 0 spiro atoms. The number of azo groups is 1. The van der Waals surface area contributed by atoms with E-state index in [9.17, 15) is 15.2 Å². The third-order valence-corrected chi connectivity index (χ3v) is 6.05. The Hall–Kier alpha value is -5.49. The van der Waals surface area contributed by atoms with Crippen LogP contribution in [0.3, 0.4) is 0 Å². The van der Waals surface area contributed by atoms with E-state index in [4.69, 9.17) is 9.72 Å². The number of aryl methyl sites for hydroxylation is 3. The maximum Gasteiger partial charge on any atom is 0.305 e. The highest BCUT2D eigenvalue weighted by atomic mass is 16.5. The van der Waals surface area contributed by atoms with Crippen molar-refractivity contribution in [2.45, 2.75) is 40.2 Å². The van der Waals surface area contributed by atoms with E-state index in [2.05, 4.69) is 64.4 Å². The predicted octanol–water partition coefficient (Wildman–Crippen LogP) is 4.74. The van der Waals surface area contributed by atoms with Crippen molar-refractivity contribution < 1.29 is 14.6 Å². The molecule has 4 rings (SSSR count). The van der Waals surface area contributed by atoms with Crippen molar-refractivity contribution >= 4 is 40.7 Å². The van der Waals surface area contributed by atoms with Gasteiger partial charge in [-0.05, 0) is 44.9 Å². The molecule has 222 valence electrons. The summed E-state index contributed by atoms with van der Waals surface area (Å²) in [6, 6.07) is 7.62. The van der Waals surface area contributed by atoms with Crippen LogP contribution in [0, 0.1) is 32.1 Å². The lowest BCUT2D eigenvalue weighted by Crippen LogP contribution is -2.22. The summed E-state index contributed by atoms with van der Waals surface area (Å²) in [5, 5.41) is 41.5. The molecule has 1 unspecified atom stereocenters. The zero-order valence-electron chi connectivity index (χ0n) is 24.5. The summed E-state index contributed by atoms with van der Waals surface area (Å²) in [5.74, 6) is 0.0791. The number of methoxy groups -OCH3 is 1. The van der Waals surface area contributed by atoms with Gasteiger partial charge in [-0.1, -0.05) is 17.7 Å². The van der Waals surface area contributed by atoms with E-state index in [1.54, 1.807) is 25.6 Å². The average molecular weight is 585 g/mol. The number of rotatable bonds is 13. The molecule has 0 fully saturated rings. The van der Waals surface area contributed by atoms with Gasteiger partial charge in [0, 0.05) is 37.8 Å². The molecule has 3 heterocycles. The van der Waals surface area contributed by atoms with E-state index in [1.807, 2.05) is 27.7 Å². The number of aliphatic carboxylic acids is 1. The van der Waals surface area contributed by atoms with Gasteiger partial charge in [0.1, 0.15) is 11.6 Å². The van der Waals surface area contributed by atoms with Crippen molar-refractivity contribution in [3.05, 3.63) is 59.0 Å². The summed E-state index contributed by atoms with van der Waals surface area (Å²) >= 11 is 0. The minimum absolute atomic E-state index is 0.0236. The van der Waals surface area contributed by atoms with Crippen molar-refractivity contribution in [2.24, 2.45) is 10.2 Å². The van der Waals surface area contributed by atoms with Gasteiger partial charge in [-0.3, -0.25) is 4.79 Å². The fourth-order valence-electron chi connectivity index (χ4n) is 4.26. The first-order chi connectivity index (χ1) is 20.7. The minimum atomic E-state index is -0.978. The Bertz CT molecular complexity index is 1640. The van der Waals surface area contributed by atoms with Gasteiger partial charge >= 0.3 is 5.97 Å². The Morgan fingerprint density at radius 1 is 1.14 bits per heavy atom.